The van der Waals surface area contributed by atoms with Crippen molar-refractivity contribution in [2.24, 2.45) is 11.8 Å². The maximum Gasteiger partial charge on any atom is 0.203 e. The van der Waals surface area contributed by atoms with Crippen molar-refractivity contribution in [3.63, 3.8) is 0 Å². The molecule has 0 aromatic heterocycles. The predicted octanol–water partition coefficient (Wildman–Crippen LogP) is 3.81. The summed E-state index contributed by atoms with van der Waals surface area (Å²) in [5.41, 5.74) is 1.95. The van der Waals surface area contributed by atoms with E-state index in [1.54, 1.807) is 42.7 Å². The summed E-state index contributed by atoms with van der Waals surface area (Å²) in [7, 11) is 9.62. The highest BCUT2D eigenvalue weighted by atomic mass is 16.5. The highest BCUT2D eigenvalue weighted by Gasteiger charge is 2.48. The van der Waals surface area contributed by atoms with E-state index >= 15 is 0 Å². The minimum absolute atomic E-state index is 0.138. The van der Waals surface area contributed by atoms with E-state index < -0.39 is 0 Å². The van der Waals surface area contributed by atoms with Crippen LogP contribution in [0.5, 0.6) is 34.5 Å². The minimum Gasteiger partial charge on any atom is -0.493 e. The normalized spacial score (nSPS) is 24.1. The van der Waals surface area contributed by atoms with Crippen LogP contribution < -0.4 is 28.4 Å². The Morgan fingerprint density at radius 2 is 0.844 bits per heavy atom. The number of hydrogen-bond donors (Lipinski definition) is 0. The van der Waals surface area contributed by atoms with Gasteiger partial charge in [0.2, 0.25) is 11.5 Å². The monoisotopic (exact) mass is 446 g/mol. The molecule has 2 saturated heterocycles. The lowest BCUT2D eigenvalue weighted by Crippen LogP contribution is -2.15. The fourth-order valence-corrected chi connectivity index (χ4v) is 4.77. The average Bonchev–Trinajstić information content (AvgIpc) is 3.44. The van der Waals surface area contributed by atoms with Crippen LogP contribution in [0.2, 0.25) is 0 Å². The second-order valence-corrected chi connectivity index (χ2v) is 7.75. The Kier molecular flexibility index (Phi) is 6.53. The highest BCUT2D eigenvalue weighted by Crippen LogP contribution is 2.53. The molecule has 4 atom stereocenters. The van der Waals surface area contributed by atoms with Crippen LogP contribution in [0.25, 0.3) is 0 Å². The molecule has 0 amide bonds. The first-order chi connectivity index (χ1) is 15.6. The zero-order chi connectivity index (χ0) is 22.8. The van der Waals surface area contributed by atoms with Gasteiger partial charge in [-0.2, -0.15) is 0 Å². The van der Waals surface area contributed by atoms with Crippen LogP contribution in [0, 0.1) is 11.8 Å². The van der Waals surface area contributed by atoms with Crippen molar-refractivity contribution in [2.45, 2.75) is 12.2 Å². The Bertz CT molecular complexity index is 832. The number of benzene rings is 2. The molecule has 2 aliphatic rings. The van der Waals surface area contributed by atoms with E-state index in [-0.39, 0.29) is 24.0 Å². The standard InChI is InChI=1S/C24H30O8/c1-25-17-7-13(8-18(26-2)23(17)29-5)21-15-11-32-22(16(15)12-31-21)14-9-19(27-3)24(30-6)20(10-14)28-4/h7-10,15-16,21-22H,11-12H2,1-6H3/t15-,16-,21?,22?/m0/s1. The minimum atomic E-state index is -0.138. The van der Waals surface area contributed by atoms with Gasteiger partial charge in [0.1, 0.15) is 0 Å². The van der Waals surface area contributed by atoms with Crippen LogP contribution in [-0.4, -0.2) is 55.9 Å². The van der Waals surface area contributed by atoms with Gasteiger partial charge in [-0.05, 0) is 35.4 Å². The van der Waals surface area contributed by atoms with Crippen LogP contribution in [0.4, 0.5) is 0 Å². The van der Waals surface area contributed by atoms with Crippen molar-refractivity contribution < 1.29 is 37.9 Å². The first-order valence-electron chi connectivity index (χ1n) is 10.4. The van der Waals surface area contributed by atoms with Gasteiger partial charge in [-0.1, -0.05) is 0 Å². The molecule has 0 saturated carbocycles. The quantitative estimate of drug-likeness (QED) is 0.606. The van der Waals surface area contributed by atoms with Crippen LogP contribution in [0.3, 0.4) is 0 Å². The predicted molar refractivity (Wildman–Crippen MR) is 117 cm³/mol. The summed E-state index contributed by atoms with van der Waals surface area (Å²) in [5.74, 6) is 3.91. The summed E-state index contributed by atoms with van der Waals surface area (Å²) >= 11 is 0. The second kappa shape index (κ2) is 9.34. The zero-order valence-electron chi connectivity index (χ0n) is 19.3. The Morgan fingerprint density at radius 3 is 1.09 bits per heavy atom. The summed E-state index contributed by atoms with van der Waals surface area (Å²) in [6.07, 6.45) is -0.276. The van der Waals surface area contributed by atoms with Gasteiger partial charge in [-0.25, -0.2) is 0 Å². The fraction of sp³-hybridized carbons (Fsp3) is 0.500. The van der Waals surface area contributed by atoms with Crippen molar-refractivity contribution >= 4 is 0 Å². The fourth-order valence-electron chi connectivity index (χ4n) is 4.77. The number of hydrogen-bond acceptors (Lipinski definition) is 8. The van der Waals surface area contributed by atoms with Gasteiger partial charge >= 0.3 is 0 Å². The molecule has 8 nitrogen and oxygen atoms in total. The summed E-state index contributed by atoms with van der Waals surface area (Å²) in [4.78, 5) is 0. The van der Waals surface area contributed by atoms with Gasteiger partial charge in [-0.15, -0.1) is 0 Å². The van der Waals surface area contributed by atoms with Crippen LogP contribution in [0.1, 0.15) is 23.3 Å². The lowest BCUT2D eigenvalue weighted by molar-refractivity contribution is 0.0190. The molecule has 32 heavy (non-hydrogen) atoms. The van der Waals surface area contributed by atoms with Gasteiger partial charge in [-0.3, -0.25) is 0 Å². The lowest BCUT2D eigenvalue weighted by atomic mass is 9.84. The Labute approximate surface area is 188 Å². The summed E-state index contributed by atoms with van der Waals surface area (Å²) < 4.78 is 45.5. The summed E-state index contributed by atoms with van der Waals surface area (Å²) in [6, 6.07) is 7.78. The molecule has 2 fully saturated rings. The maximum absolute atomic E-state index is 6.27. The van der Waals surface area contributed by atoms with E-state index in [0.29, 0.717) is 47.7 Å². The second-order valence-electron chi connectivity index (χ2n) is 7.75. The van der Waals surface area contributed by atoms with Crippen LogP contribution in [-0.2, 0) is 9.47 Å². The molecule has 2 aliphatic heterocycles. The molecule has 2 unspecified atom stereocenters. The van der Waals surface area contributed by atoms with Crippen molar-refractivity contribution in [1.82, 2.24) is 0 Å². The summed E-state index contributed by atoms with van der Waals surface area (Å²) in [5, 5.41) is 0. The maximum atomic E-state index is 6.27. The topological polar surface area (TPSA) is 73.8 Å². The van der Waals surface area contributed by atoms with E-state index in [9.17, 15) is 0 Å². The third-order valence-electron chi connectivity index (χ3n) is 6.30. The SMILES string of the molecule is COc1cc(C2OC[C@@H]3C(c4cc(OC)c(OC)c(OC)c4)OC[C@H]23)cc(OC)c1OC. The first kappa shape index (κ1) is 22.4. The van der Waals surface area contributed by atoms with Crippen molar-refractivity contribution in [3.05, 3.63) is 35.4 Å². The number of rotatable bonds is 8. The molecule has 2 aromatic rings. The molecule has 8 heteroatoms. The molecular formula is C24H30O8. The van der Waals surface area contributed by atoms with Gasteiger partial charge in [0, 0.05) is 11.8 Å². The Hall–Kier alpha value is -2.84. The van der Waals surface area contributed by atoms with E-state index in [4.69, 9.17) is 37.9 Å². The lowest BCUT2D eigenvalue weighted by Gasteiger charge is -2.20. The number of ether oxygens (including phenoxy) is 8. The Morgan fingerprint density at radius 1 is 0.531 bits per heavy atom. The van der Waals surface area contributed by atoms with E-state index in [1.165, 1.54) is 0 Å². The van der Waals surface area contributed by atoms with E-state index in [2.05, 4.69) is 0 Å². The zero-order valence-corrected chi connectivity index (χ0v) is 19.3. The van der Waals surface area contributed by atoms with Gasteiger partial charge in [0.15, 0.2) is 23.0 Å². The van der Waals surface area contributed by atoms with Crippen molar-refractivity contribution in [2.75, 3.05) is 55.9 Å². The third-order valence-corrected chi connectivity index (χ3v) is 6.30. The molecule has 0 radical (unpaired) electrons. The molecule has 2 heterocycles. The smallest absolute Gasteiger partial charge is 0.203 e. The number of fused-ring (bicyclic) bond motifs is 1. The average molecular weight is 446 g/mol. The number of methoxy groups -OCH3 is 6. The van der Waals surface area contributed by atoms with E-state index in [1.807, 2.05) is 24.3 Å². The molecular weight excluding hydrogens is 416 g/mol. The Balaban J connectivity index is 1.64. The highest BCUT2D eigenvalue weighted by molar-refractivity contribution is 5.55. The van der Waals surface area contributed by atoms with Gasteiger partial charge in [0.05, 0.1) is 68.1 Å². The van der Waals surface area contributed by atoms with Crippen LogP contribution in [0.15, 0.2) is 24.3 Å². The van der Waals surface area contributed by atoms with Crippen LogP contribution >= 0.6 is 0 Å². The molecule has 0 N–H and O–H groups in total. The van der Waals surface area contributed by atoms with Crippen molar-refractivity contribution in [3.8, 4) is 34.5 Å². The van der Waals surface area contributed by atoms with Gasteiger partial charge < -0.3 is 37.9 Å². The molecule has 2 aromatic carbocycles. The summed E-state index contributed by atoms with van der Waals surface area (Å²) in [6.45, 7) is 1.15. The largest absolute Gasteiger partial charge is 0.493 e. The first-order valence-corrected chi connectivity index (χ1v) is 10.4. The molecule has 174 valence electrons. The van der Waals surface area contributed by atoms with E-state index in [0.717, 1.165) is 11.1 Å². The van der Waals surface area contributed by atoms with Crippen molar-refractivity contribution in [1.29, 1.82) is 0 Å². The molecule has 0 bridgehead atoms. The molecule has 0 aliphatic carbocycles. The third kappa shape index (κ3) is 3.67. The molecule has 0 spiro atoms. The molecule has 4 rings (SSSR count). The van der Waals surface area contributed by atoms with Gasteiger partial charge in [0.25, 0.3) is 0 Å².